The first-order valence-corrected chi connectivity index (χ1v) is 16.3. The zero-order valence-electron chi connectivity index (χ0n) is 24.0. The van der Waals surface area contributed by atoms with Crippen molar-refractivity contribution in [2.24, 2.45) is 0 Å². The molecule has 12 heteroatoms. The topological polar surface area (TPSA) is 114 Å². The molecule has 1 aliphatic heterocycles. The van der Waals surface area contributed by atoms with E-state index >= 15 is 0 Å². The van der Waals surface area contributed by atoms with Gasteiger partial charge in [-0.15, -0.1) is 11.3 Å². The van der Waals surface area contributed by atoms with Crippen molar-refractivity contribution in [2.45, 2.75) is 30.1 Å². The fourth-order valence-corrected chi connectivity index (χ4v) is 7.38. The smallest absolute Gasteiger partial charge is 0.286 e. The predicted octanol–water partition coefficient (Wildman–Crippen LogP) is 4.78. The Bertz CT molecular complexity index is 1710. The van der Waals surface area contributed by atoms with Crippen LogP contribution < -0.4 is 10.1 Å². The number of halogens is 1. The second kappa shape index (κ2) is 14.3. The predicted molar refractivity (Wildman–Crippen MR) is 165 cm³/mol. The molecule has 2 heterocycles. The Morgan fingerprint density at radius 3 is 2.57 bits per heavy atom. The van der Waals surface area contributed by atoms with Crippen LogP contribution in [0.25, 0.3) is 10.1 Å². The summed E-state index contributed by atoms with van der Waals surface area (Å²) in [7, 11) is -2.43. The van der Waals surface area contributed by atoms with Crippen LogP contribution in [0.4, 0.5) is 4.39 Å². The van der Waals surface area contributed by atoms with Crippen LogP contribution in [0.1, 0.15) is 23.5 Å². The number of sulfonamides is 1. The summed E-state index contributed by atoms with van der Waals surface area (Å²) in [6, 6.07) is 19.9. The molecule has 0 spiro atoms. The summed E-state index contributed by atoms with van der Waals surface area (Å²) in [4.78, 5) is 13.3. The lowest BCUT2D eigenvalue weighted by Crippen LogP contribution is -2.38. The molecule has 1 aromatic heterocycles. The van der Waals surface area contributed by atoms with Gasteiger partial charge in [0.15, 0.2) is 5.76 Å². The number of nitrogens with one attached hydrogen (secondary N) is 1. The first-order chi connectivity index (χ1) is 21.3. The molecule has 5 rings (SSSR count). The molecule has 9 nitrogen and oxygen atoms in total. The summed E-state index contributed by atoms with van der Waals surface area (Å²) >= 11 is 1.61. The van der Waals surface area contributed by atoms with Crippen molar-refractivity contribution >= 4 is 37.4 Å². The zero-order valence-corrected chi connectivity index (χ0v) is 25.7. The number of allylic oxidation sites excluding steroid dienone is 1. The van der Waals surface area contributed by atoms with E-state index in [0.717, 1.165) is 25.5 Å². The minimum atomic E-state index is -3.92. The van der Waals surface area contributed by atoms with Crippen molar-refractivity contribution in [3.63, 3.8) is 0 Å². The highest BCUT2D eigenvalue weighted by Crippen LogP contribution is 2.38. The van der Waals surface area contributed by atoms with Gasteiger partial charge in [-0.3, -0.25) is 4.79 Å². The summed E-state index contributed by atoms with van der Waals surface area (Å²) in [5, 5.41) is 15.5. The summed E-state index contributed by atoms with van der Waals surface area (Å²) < 4.78 is 59.3. The van der Waals surface area contributed by atoms with E-state index < -0.39 is 22.2 Å². The van der Waals surface area contributed by atoms with Crippen LogP contribution in [-0.2, 0) is 30.8 Å². The molecule has 0 radical (unpaired) electrons. The van der Waals surface area contributed by atoms with Crippen LogP contribution in [0.2, 0.25) is 0 Å². The second-order valence-corrected chi connectivity index (χ2v) is 12.9. The summed E-state index contributed by atoms with van der Waals surface area (Å²) in [6.45, 7) is -0.400. The molecule has 0 bridgehead atoms. The van der Waals surface area contributed by atoms with E-state index in [1.165, 1.54) is 31.4 Å². The van der Waals surface area contributed by atoms with Crippen LogP contribution in [0.3, 0.4) is 0 Å². The van der Waals surface area contributed by atoms with Crippen LogP contribution in [0.15, 0.2) is 94.9 Å². The Hall–Kier alpha value is -3.81. The number of amides is 1. The molecule has 1 amide bonds. The van der Waals surface area contributed by atoms with Gasteiger partial charge < -0.3 is 24.6 Å². The quantitative estimate of drug-likeness (QED) is 0.216. The number of carbonyl (C=O) groups excluding carboxylic acids is 1. The Morgan fingerprint density at radius 1 is 1.09 bits per heavy atom. The molecule has 0 unspecified atom stereocenters. The minimum Gasteiger partial charge on any atom is -0.497 e. The van der Waals surface area contributed by atoms with Gasteiger partial charge >= 0.3 is 0 Å². The van der Waals surface area contributed by atoms with Crippen molar-refractivity contribution in [3.8, 4) is 5.75 Å². The highest BCUT2D eigenvalue weighted by molar-refractivity contribution is 7.89. The van der Waals surface area contributed by atoms with Gasteiger partial charge in [0.25, 0.3) is 5.91 Å². The number of fused-ring (bicyclic) bond motifs is 1. The third kappa shape index (κ3) is 7.45. The van der Waals surface area contributed by atoms with Crippen molar-refractivity contribution in [1.82, 2.24) is 9.62 Å². The molecule has 0 saturated carbocycles. The minimum absolute atomic E-state index is 0.0400. The fourth-order valence-electron chi connectivity index (χ4n) is 4.94. The van der Waals surface area contributed by atoms with E-state index in [1.807, 2.05) is 24.3 Å². The number of hydrogen-bond donors (Lipinski definition) is 2. The second-order valence-electron chi connectivity index (χ2n) is 10.1. The van der Waals surface area contributed by atoms with Crippen molar-refractivity contribution in [3.05, 3.63) is 107 Å². The van der Waals surface area contributed by atoms with E-state index in [1.54, 1.807) is 41.7 Å². The molecule has 4 aromatic rings. The van der Waals surface area contributed by atoms with E-state index in [0.29, 0.717) is 12.2 Å². The van der Waals surface area contributed by atoms with Crippen molar-refractivity contribution in [2.75, 3.05) is 33.4 Å². The number of methoxy groups -OCH3 is 1. The fraction of sp³-hybridized carbons (Fsp3) is 0.281. The number of thiophene rings is 1. The third-order valence-electron chi connectivity index (χ3n) is 7.25. The number of aliphatic hydroxyl groups excluding tert-OH is 1. The highest BCUT2D eigenvalue weighted by atomic mass is 32.2. The Labute approximate surface area is 259 Å². The number of rotatable bonds is 13. The van der Waals surface area contributed by atoms with Gasteiger partial charge in [-0.2, -0.15) is 4.31 Å². The van der Waals surface area contributed by atoms with Gasteiger partial charge in [-0.05, 0) is 70.4 Å². The molecule has 1 aliphatic rings. The average molecular weight is 641 g/mol. The zero-order chi connectivity index (χ0) is 31.1. The van der Waals surface area contributed by atoms with Gasteiger partial charge in [0, 0.05) is 36.7 Å². The normalized spacial score (nSPS) is 16.9. The number of nitrogens with zero attached hydrogens (tertiary/aromatic N) is 1. The van der Waals surface area contributed by atoms with Crippen LogP contribution in [0.5, 0.6) is 5.75 Å². The van der Waals surface area contributed by atoms with Gasteiger partial charge in [-0.1, -0.05) is 30.3 Å². The molecule has 232 valence electrons. The lowest BCUT2D eigenvalue weighted by Gasteiger charge is -2.30. The number of aliphatic hydroxyl groups is 1. The van der Waals surface area contributed by atoms with Crippen LogP contribution >= 0.6 is 11.3 Å². The van der Waals surface area contributed by atoms with Gasteiger partial charge in [0.2, 0.25) is 16.3 Å². The first-order valence-electron chi connectivity index (χ1n) is 14.0. The summed E-state index contributed by atoms with van der Waals surface area (Å²) in [5.74, 6) is -0.404. The first kappa shape index (κ1) is 31.6. The molecule has 3 aromatic carbocycles. The molecule has 44 heavy (non-hydrogen) atoms. The summed E-state index contributed by atoms with van der Waals surface area (Å²) in [5.41, 5.74) is 1.77. The molecule has 0 aliphatic carbocycles. The van der Waals surface area contributed by atoms with E-state index in [9.17, 15) is 22.7 Å². The Kier molecular flexibility index (Phi) is 10.3. The van der Waals surface area contributed by atoms with E-state index in [2.05, 4.69) is 10.7 Å². The van der Waals surface area contributed by atoms with Crippen molar-refractivity contribution < 1.29 is 36.9 Å². The van der Waals surface area contributed by atoms with Gasteiger partial charge in [0.05, 0.1) is 25.2 Å². The Balaban J connectivity index is 1.30. The molecule has 2 atom stereocenters. The van der Waals surface area contributed by atoms with E-state index in [4.69, 9.17) is 14.2 Å². The van der Waals surface area contributed by atoms with Crippen LogP contribution in [0, 0.1) is 5.82 Å². The average Bonchev–Trinajstić information content (AvgIpc) is 3.48. The van der Waals surface area contributed by atoms with Gasteiger partial charge in [-0.25, -0.2) is 12.8 Å². The number of ether oxygens (including phenoxy) is 3. The lowest BCUT2D eigenvalue weighted by molar-refractivity contribution is -0.146. The largest absolute Gasteiger partial charge is 0.497 e. The van der Waals surface area contributed by atoms with Crippen molar-refractivity contribution in [1.29, 1.82) is 0 Å². The maximum atomic E-state index is 13.3. The molecular formula is C32H33FN2O7S2. The Morgan fingerprint density at radius 2 is 1.84 bits per heavy atom. The summed E-state index contributed by atoms with van der Waals surface area (Å²) in [6.07, 6.45) is 1.34. The SMILES string of the molecule is COc1ccc(S(=O)(=O)N(CCO)CCO[C@H]2C[C@@H](c3csc4ccccc34)C=C(C(=O)NCc3ccc(F)cc3)O2)cc1. The van der Waals surface area contributed by atoms with Gasteiger partial charge in [0.1, 0.15) is 11.6 Å². The lowest BCUT2D eigenvalue weighted by atomic mass is 9.92. The highest BCUT2D eigenvalue weighted by Gasteiger charge is 2.31. The molecule has 0 fully saturated rings. The molecular weight excluding hydrogens is 607 g/mol. The third-order valence-corrected chi connectivity index (χ3v) is 10.1. The standard InChI is InChI=1S/C32H33FN2O7S2/c1-40-25-10-12-26(13-11-25)44(38,39)35(14-16-36)15-17-41-31-19-23(28-21-43-30-5-3-2-4-27(28)30)18-29(42-31)32(37)34-20-22-6-8-24(33)9-7-22/h2-13,18,21,23,31,36H,14-17,19-20H2,1H3,(H,34,37)/t23-,31+/m0/s1. The number of benzene rings is 3. The van der Waals surface area contributed by atoms with Crippen LogP contribution in [-0.4, -0.2) is 63.4 Å². The maximum Gasteiger partial charge on any atom is 0.286 e. The monoisotopic (exact) mass is 640 g/mol. The molecule has 2 N–H and O–H groups in total. The molecule has 0 saturated heterocycles. The number of hydrogen-bond acceptors (Lipinski definition) is 8. The number of carbonyl (C=O) groups is 1. The van der Waals surface area contributed by atoms with E-state index in [-0.39, 0.29) is 55.2 Å². The maximum absolute atomic E-state index is 13.3.